The van der Waals surface area contributed by atoms with Crippen molar-refractivity contribution < 1.29 is 9.53 Å². The summed E-state index contributed by atoms with van der Waals surface area (Å²) in [5.74, 6) is 1.02. The minimum Gasteiger partial charge on any atom is -0.492 e. The second kappa shape index (κ2) is 6.14. The summed E-state index contributed by atoms with van der Waals surface area (Å²) in [4.78, 5) is 16.2. The van der Waals surface area contributed by atoms with Crippen LogP contribution in [0.2, 0.25) is 0 Å². The quantitative estimate of drug-likeness (QED) is 0.900. The Hall–Kier alpha value is -1.43. The van der Waals surface area contributed by atoms with Crippen LogP contribution < -0.4 is 15.4 Å². The van der Waals surface area contributed by atoms with E-state index in [1.54, 1.807) is 21.2 Å². The van der Waals surface area contributed by atoms with Crippen LogP contribution >= 0.6 is 11.3 Å². The third-order valence-corrected chi connectivity index (χ3v) is 3.96. The van der Waals surface area contributed by atoms with Crippen LogP contribution in [-0.4, -0.2) is 45.6 Å². The smallest absolute Gasteiger partial charge is 0.265 e. The number of nitrogen functional groups attached to an aromatic ring is 1. The Kier molecular flexibility index (Phi) is 5.05. The molecule has 0 spiro atoms. The highest BCUT2D eigenvalue weighted by Gasteiger charge is 2.25. The number of carbonyl (C=O) groups excluding carboxylic acids is 1. The van der Waals surface area contributed by atoms with Crippen LogP contribution in [0.25, 0.3) is 0 Å². The molecule has 1 rings (SSSR count). The molecule has 0 bridgehead atoms. The zero-order valence-electron chi connectivity index (χ0n) is 12.5. The van der Waals surface area contributed by atoms with E-state index in [9.17, 15) is 4.79 Å². The summed E-state index contributed by atoms with van der Waals surface area (Å²) in [6, 6.07) is 0. The number of ether oxygens (including phenoxy) is 1. The molecule has 0 aromatic carbocycles. The van der Waals surface area contributed by atoms with E-state index in [1.807, 2.05) is 7.05 Å². The first-order valence-electron chi connectivity index (χ1n) is 6.18. The molecule has 1 heterocycles. The first kappa shape index (κ1) is 15.6. The third kappa shape index (κ3) is 3.32. The average Bonchev–Trinajstić information content (AvgIpc) is 2.64. The van der Waals surface area contributed by atoms with Gasteiger partial charge in [-0.25, -0.2) is 0 Å². The van der Waals surface area contributed by atoms with Crippen LogP contribution in [0.1, 0.15) is 23.5 Å². The Bertz CT molecular complexity index is 455. The van der Waals surface area contributed by atoms with Crippen molar-refractivity contribution >= 4 is 27.9 Å². The van der Waals surface area contributed by atoms with Crippen molar-refractivity contribution in [3.63, 3.8) is 0 Å². The summed E-state index contributed by atoms with van der Waals surface area (Å²) in [5.41, 5.74) is 6.46. The maximum absolute atomic E-state index is 12.1. The van der Waals surface area contributed by atoms with Gasteiger partial charge in [-0.05, 0) is 5.92 Å². The summed E-state index contributed by atoms with van der Waals surface area (Å²) < 4.78 is 5.36. The molecule has 1 amide bonds. The fourth-order valence-corrected chi connectivity index (χ4v) is 3.04. The molecule has 0 aliphatic carbocycles. The lowest BCUT2D eigenvalue weighted by molar-refractivity contribution is 0.0833. The number of hydrogen-bond donors (Lipinski definition) is 1. The standard InChI is InChI=1S/C13H23N3O2S/c1-8(2)7-16(5)13-10(18-6)9(14)11(19-13)12(17)15(3)4/h8H,7,14H2,1-6H3. The first-order chi connectivity index (χ1) is 8.79. The van der Waals surface area contributed by atoms with Gasteiger partial charge in [0.15, 0.2) is 5.75 Å². The maximum atomic E-state index is 12.1. The van der Waals surface area contributed by atoms with E-state index >= 15 is 0 Å². The fourth-order valence-electron chi connectivity index (χ4n) is 1.86. The van der Waals surface area contributed by atoms with Crippen molar-refractivity contribution in [2.45, 2.75) is 13.8 Å². The zero-order chi connectivity index (χ0) is 14.7. The van der Waals surface area contributed by atoms with Gasteiger partial charge >= 0.3 is 0 Å². The minimum absolute atomic E-state index is 0.0926. The molecule has 1 aromatic heterocycles. The van der Waals surface area contributed by atoms with Crippen LogP contribution in [0.15, 0.2) is 0 Å². The van der Waals surface area contributed by atoms with Gasteiger partial charge in [-0.3, -0.25) is 4.79 Å². The monoisotopic (exact) mass is 285 g/mol. The van der Waals surface area contributed by atoms with E-state index in [0.717, 1.165) is 11.5 Å². The summed E-state index contributed by atoms with van der Waals surface area (Å²) >= 11 is 1.38. The van der Waals surface area contributed by atoms with Gasteiger partial charge in [0.2, 0.25) is 0 Å². The lowest BCUT2D eigenvalue weighted by Gasteiger charge is -2.20. The Morgan fingerprint density at radius 3 is 2.37 bits per heavy atom. The van der Waals surface area contributed by atoms with E-state index in [2.05, 4.69) is 18.7 Å². The number of carbonyl (C=O) groups is 1. The lowest BCUT2D eigenvalue weighted by atomic mass is 10.2. The van der Waals surface area contributed by atoms with Gasteiger partial charge in [0, 0.05) is 27.7 Å². The Morgan fingerprint density at radius 2 is 1.95 bits per heavy atom. The highest BCUT2D eigenvalue weighted by atomic mass is 32.1. The van der Waals surface area contributed by atoms with Crippen LogP contribution in [0.4, 0.5) is 10.7 Å². The number of hydrogen-bond acceptors (Lipinski definition) is 5. The van der Waals surface area contributed by atoms with E-state index in [4.69, 9.17) is 10.5 Å². The summed E-state index contributed by atoms with van der Waals surface area (Å²) in [6.07, 6.45) is 0. The number of methoxy groups -OCH3 is 1. The van der Waals surface area contributed by atoms with Crippen LogP contribution in [0.5, 0.6) is 5.75 Å². The molecule has 108 valence electrons. The number of rotatable bonds is 5. The Balaban J connectivity index is 3.19. The van der Waals surface area contributed by atoms with Gasteiger partial charge in [-0.15, -0.1) is 11.3 Å². The van der Waals surface area contributed by atoms with Crippen molar-refractivity contribution in [2.75, 3.05) is 45.4 Å². The highest BCUT2D eigenvalue weighted by Crippen LogP contribution is 2.44. The normalized spacial score (nSPS) is 10.7. The van der Waals surface area contributed by atoms with E-state index in [0.29, 0.717) is 22.2 Å². The minimum atomic E-state index is -0.0926. The van der Waals surface area contributed by atoms with Gasteiger partial charge < -0.3 is 20.3 Å². The summed E-state index contributed by atoms with van der Waals surface area (Å²) in [6.45, 7) is 5.17. The van der Waals surface area contributed by atoms with Crippen molar-refractivity contribution in [1.29, 1.82) is 0 Å². The second-order valence-electron chi connectivity index (χ2n) is 5.16. The summed E-state index contributed by atoms with van der Waals surface area (Å²) in [5, 5.41) is 0.902. The van der Waals surface area contributed by atoms with Crippen molar-refractivity contribution in [3.8, 4) is 5.75 Å². The Morgan fingerprint density at radius 1 is 1.37 bits per heavy atom. The molecule has 0 aliphatic rings. The van der Waals surface area contributed by atoms with E-state index in [1.165, 1.54) is 16.2 Å². The molecule has 6 heteroatoms. The van der Waals surface area contributed by atoms with Crippen molar-refractivity contribution in [2.24, 2.45) is 5.92 Å². The molecule has 1 aromatic rings. The van der Waals surface area contributed by atoms with Gasteiger partial charge in [0.25, 0.3) is 5.91 Å². The van der Waals surface area contributed by atoms with E-state index in [-0.39, 0.29) is 5.91 Å². The molecule has 0 unspecified atom stereocenters. The zero-order valence-corrected chi connectivity index (χ0v) is 13.3. The molecule has 2 N–H and O–H groups in total. The molecule has 0 saturated heterocycles. The lowest BCUT2D eigenvalue weighted by Crippen LogP contribution is -2.22. The predicted octanol–water partition coefficient (Wildman–Crippen LogP) is 2.13. The number of amides is 1. The molecular weight excluding hydrogens is 262 g/mol. The summed E-state index contributed by atoms with van der Waals surface area (Å²) in [7, 11) is 6.99. The molecule has 0 fully saturated rings. The Labute approximate surface area is 118 Å². The molecule has 0 atom stereocenters. The van der Waals surface area contributed by atoms with Crippen molar-refractivity contribution in [3.05, 3.63) is 4.88 Å². The molecule has 5 nitrogen and oxygen atoms in total. The number of thiophene rings is 1. The number of nitrogens with zero attached hydrogens (tertiary/aromatic N) is 2. The fraction of sp³-hybridized carbons (Fsp3) is 0.615. The van der Waals surface area contributed by atoms with Crippen molar-refractivity contribution in [1.82, 2.24) is 4.90 Å². The average molecular weight is 285 g/mol. The van der Waals surface area contributed by atoms with Crippen LogP contribution in [0.3, 0.4) is 0 Å². The predicted molar refractivity (Wildman–Crippen MR) is 81.4 cm³/mol. The molecule has 0 radical (unpaired) electrons. The third-order valence-electron chi connectivity index (χ3n) is 2.67. The first-order valence-corrected chi connectivity index (χ1v) is 7.00. The molecule has 0 aliphatic heterocycles. The highest BCUT2D eigenvalue weighted by molar-refractivity contribution is 7.19. The number of anilines is 2. The topological polar surface area (TPSA) is 58.8 Å². The van der Waals surface area contributed by atoms with Crippen LogP contribution in [0, 0.1) is 5.92 Å². The molecular formula is C13H23N3O2S. The second-order valence-corrected chi connectivity index (χ2v) is 6.16. The molecule has 0 saturated carbocycles. The van der Waals surface area contributed by atoms with Gasteiger partial charge in [-0.1, -0.05) is 13.8 Å². The van der Waals surface area contributed by atoms with Gasteiger partial charge in [0.05, 0.1) is 7.11 Å². The van der Waals surface area contributed by atoms with Crippen LogP contribution in [-0.2, 0) is 0 Å². The maximum Gasteiger partial charge on any atom is 0.265 e. The SMILES string of the molecule is COc1c(N(C)CC(C)C)sc(C(=O)N(C)C)c1N. The largest absolute Gasteiger partial charge is 0.492 e. The van der Waals surface area contributed by atoms with Gasteiger partial charge in [0.1, 0.15) is 15.6 Å². The number of nitrogens with two attached hydrogens (primary N) is 1. The van der Waals surface area contributed by atoms with E-state index < -0.39 is 0 Å². The van der Waals surface area contributed by atoms with Gasteiger partial charge in [-0.2, -0.15) is 0 Å². The molecule has 19 heavy (non-hydrogen) atoms.